The summed E-state index contributed by atoms with van der Waals surface area (Å²) in [6.07, 6.45) is 7.10. The summed E-state index contributed by atoms with van der Waals surface area (Å²) in [6.45, 7) is 1.26. The molecule has 0 aromatic heterocycles. The van der Waals surface area contributed by atoms with Crippen LogP contribution in [0.4, 0.5) is 0 Å². The van der Waals surface area contributed by atoms with Crippen LogP contribution in [0, 0.1) is 5.41 Å². The minimum absolute atomic E-state index is 0.0903. The lowest BCUT2D eigenvalue weighted by Gasteiger charge is -2.38. The van der Waals surface area contributed by atoms with E-state index in [-0.39, 0.29) is 10.6 Å². The third-order valence-electron chi connectivity index (χ3n) is 4.92. The molecule has 1 aromatic rings. The van der Waals surface area contributed by atoms with Crippen LogP contribution in [0.3, 0.4) is 0 Å². The number of nitrogens with zero attached hydrogens (tertiary/aromatic N) is 1. The number of hydrogen-bond acceptors (Lipinski definition) is 3. The first-order chi connectivity index (χ1) is 9.52. The molecule has 0 atom stereocenters. The van der Waals surface area contributed by atoms with Gasteiger partial charge in [-0.2, -0.15) is 4.31 Å². The van der Waals surface area contributed by atoms with Crippen LogP contribution in [0.25, 0.3) is 0 Å². The number of aromatic hydroxyl groups is 1. The first-order valence-electron chi connectivity index (χ1n) is 7.31. The van der Waals surface area contributed by atoms with Crippen molar-refractivity contribution in [1.82, 2.24) is 4.31 Å². The van der Waals surface area contributed by atoms with Crippen LogP contribution < -0.4 is 0 Å². The highest BCUT2D eigenvalue weighted by atomic mass is 32.2. The zero-order valence-electron chi connectivity index (χ0n) is 11.6. The minimum Gasteiger partial charge on any atom is -0.508 e. The Bertz CT molecular complexity index is 564. The molecule has 20 heavy (non-hydrogen) atoms. The van der Waals surface area contributed by atoms with Crippen LogP contribution in [-0.2, 0) is 10.0 Å². The SMILES string of the molecule is O=S(=O)(c1ccc(O)cc1)N1CCC2(CCCC2)CC1. The average molecular weight is 295 g/mol. The van der Waals surface area contributed by atoms with E-state index < -0.39 is 10.0 Å². The molecule has 1 saturated carbocycles. The van der Waals surface area contributed by atoms with Gasteiger partial charge in [0.2, 0.25) is 10.0 Å². The van der Waals surface area contributed by atoms with Gasteiger partial charge in [-0.1, -0.05) is 12.8 Å². The van der Waals surface area contributed by atoms with Gasteiger partial charge in [-0.05, 0) is 55.4 Å². The Balaban J connectivity index is 1.75. The molecule has 0 amide bonds. The van der Waals surface area contributed by atoms with Crippen LogP contribution >= 0.6 is 0 Å². The van der Waals surface area contributed by atoms with Crippen molar-refractivity contribution in [2.24, 2.45) is 5.41 Å². The lowest BCUT2D eigenvalue weighted by atomic mass is 9.78. The van der Waals surface area contributed by atoms with Gasteiger partial charge < -0.3 is 5.11 Å². The van der Waals surface area contributed by atoms with E-state index in [2.05, 4.69) is 0 Å². The van der Waals surface area contributed by atoms with E-state index in [1.54, 1.807) is 4.31 Å². The molecular formula is C15H21NO3S. The van der Waals surface area contributed by atoms with Gasteiger partial charge in [-0.15, -0.1) is 0 Å². The molecule has 110 valence electrons. The second kappa shape index (κ2) is 5.04. The first-order valence-corrected chi connectivity index (χ1v) is 8.75. The quantitative estimate of drug-likeness (QED) is 0.912. The van der Waals surface area contributed by atoms with Crippen LogP contribution in [0.1, 0.15) is 38.5 Å². The van der Waals surface area contributed by atoms with Crippen molar-refractivity contribution < 1.29 is 13.5 Å². The van der Waals surface area contributed by atoms with E-state index in [0.29, 0.717) is 18.5 Å². The Labute approximate surface area is 120 Å². The molecule has 1 saturated heterocycles. The Kier molecular flexibility index (Phi) is 3.50. The monoisotopic (exact) mass is 295 g/mol. The maximum Gasteiger partial charge on any atom is 0.243 e. The van der Waals surface area contributed by atoms with Crippen molar-refractivity contribution in [2.75, 3.05) is 13.1 Å². The summed E-state index contributed by atoms with van der Waals surface area (Å²) in [5, 5.41) is 9.26. The lowest BCUT2D eigenvalue weighted by molar-refractivity contribution is 0.160. The molecular weight excluding hydrogens is 274 g/mol. The molecule has 5 heteroatoms. The van der Waals surface area contributed by atoms with Crippen LogP contribution in [0.5, 0.6) is 5.75 Å². The Morgan fingerprint density at radius 2 is 1.50 bits per heavy atom. The molecule has 1 aliphatic carbocycles. The highest BCUT2D eigenvalue weighted by Gasteiger charge is 2.39. The van der Waals surface area contributed by atoms with Gasteiger partial charge in [-0.3, -0.25) is 0 Å². The predicted molar refractivity (Wildman–Crippen MR) is 77.0 cm³/mol. The van der Waals surface area contributed by atoms with Gasteiger partial charge >= 0.3 is 0 Å². The maximum atomic E-state index is 12.5. The Morgan fingerprint density at radius 1 is 0.950 bits per heavy atom. The van der Waals surface area contributed by atoms with Crippen molar-refractivity contribution in [2.45, 2.75) is 43.4 Å². The average Bonchev–Trinajstić information content (AvgIpc) is 2.88. The fourth-order valence-electron chi connectivity index (χ4n) is 3.59. The minimum atomic E-state index is -3.40. The first kappa shape index (κ1) is 13.9. The maximum absolute atomic E-state index is 12.5. The molecule has 0 radical (unpaired) electrons. The molecule has 1 aromatic carbocycles. The number of phenolic OH excluding ortho intramolecular Hbond substituents is 1. The zero-order chi connectivity index (χ0) is 14.2. The number of piperidine rings is 1. The lowest BCUT2D eigenvalue weighted by Crippen LogP contribution is -2.42. The summed E-state index contributed by atoms with van der Waals surface area (Å²) >= 11 is 0. The van der Waals surface area contributed by atoms with Crippen molar-refractivity contribution >= 4 is 10.0 Å². The molecule has 3 rings (SSSR count). The Morgan fingerprint density at radius 3 is 2.05 bits per heavy atom. The normalized spacial score (nSPS) is 23.2. The summed E-state index contributed by atoms with van der Waals surface area (Å²) < 4.78 is 26.7. The highest BCUT2D eigenvalue weighted by Crippen LogP contribution is 2.46. The van der Waals surface area contributed by atoms with E-state index in [0.717, 1.165) is 12.8 Å². The smallest absolute Gasteiger partial charge is 0.243 e. The second-order valence-electron chi connectivity index (χ2n) is 6.11. The molecule has 0 unspecified atom stereocenters. The van der Waals surface area contributed by atoms with E-state index in [4.69, 9.17) is 0 Å². The molecule has 1 spiro atoms. The molecule has 1 heterocycles. The van der Waals surface area contributed by atoms with Crippen LogP contribution in [0.2, 0.25) is 0 Å². The predicted octanol–water partition coefficient (Wildman–Crippen LogP) is 2.74. The van der Waals surface area contributed by atoms with Crippen LogP contribution in [-0.4, -0.2) is 30.9 Å². The topological polar surface area (TPSA) is 57.6 Å². The van der Waals surface area contributed by atoms with E-state index in [1.165, 1.54) is 49.9 Å². The number of hydrogen-bond donors (Lipinski definition) is 1. The molecule has 1 N–H and O–H groups in total. The molecule has 4 nitrogen and oxygen atoms in total. The summed E-state index contributed by atoms with van der Waals surface area (Å²) in [5.41, 5.74) is 0.418. The van der Waals surface area contributed by atoms with Crippen molar-refractivity contribution in [3.8, 4) is 5.75 Å². The fourth-order valence-corrected chi connectivity index (χ4v) is 5.03. The Hall–Kier alpha value is -1.07. The third kappa shape index (κ3) is 2.44. The van der Waals surface area contributed by atoms with Crippen LogP contribution in [0.15, 0.2) is 29.2 Å². The fraction of sp³-hybridized carbons (Fsp3) is 0.600. The number of sulfonamides is 1. The summed E-state index contributed by atoms with van der Waals surface area (Å²) in [6, 6.07) is 5.81. The van der Waals surface area contributed by atoms with Crippen molar-refractivity contribution in [1.29, 1.82) is 0 Å². The standard InChI is InChI=1S/C15H21NO3S/c17-13-3-5-14(6-4-13)20(18,19)16-11-9-15(10-12-16)7-1-2-8-15/h3-6,17H,1-2,7-12H2. The summed E-state index contributed by atoms with van der Waals surface area (Å²) in [5.74, 6) is 0.0903. The van der Waals surface area contributed by atoms with Gasteiger partial charge in [0.15, 0.2) is 0 Å². The van der Waals surface area contributed by atoms with E-state index >= 15 is 0 Å². The third-order valence-corrected chi connectivity index (χ3v) is 6.83. The van der Waals surface area contributed by atoms with Gasteiger partial charge in [-0.25, -0.2) is 8.42 Å². The largest absolute Gasteiger partial charge is 0.508 e. The molecule has 0 bridgehead atoms. The number of phenols is 1. The number of benzene rings is 1. The van der Waals surface area contributed by atoms with E-state index in [1.807, 2.05) is 0 Å². The second-order valence-corrected chi connectivity index (χ2v) is 8.04. The summed E-state index contributed by atoms with van der Waals surface area (Å²) in [4.78, 5) is 0.276. The van der Waals surface area contributed by atoms with Gasteiger partial charge in [0.1, 0.15) is 5.75 Å². The molecule has 2 fully saturated rings. The zero-order valence-corrected chi connectivity index (χ0v) is 12.4. The number of rotatable bonds is 2. The van der Waals surface area contributed by atoms with Crippen molar-refractivity contribution in [3.63, 3.8) is 0 Å². The highest BCUT2D eigenvalue weighted by molar-refractivity contribution is 7.89. The van der Waals surface area contributed by atoms with Crippen molar-refractivity contribution in [3.05, 3.63) is 24.3 Å². The summed E-state index contributed by atoms with van der Waals surface area (Å²) in [7, 11) is -3.40. The molecule has 1 aliphatic heterocycles. The van der Waals surface area contributed by atoms with Gasteiger partial charge in [0.25, 0.3) is 0 Å². The van der Waals surface area contributed by atoms with Gasteiger partial charge in [0, 0.05) is 13.1 Å². The van der Waals surface area contributed by atoms with E-state index in [9.17, 15) is 13.5 Å². The molecule has 2 aliphatic rings. The van der Waals surface area contributed by atoms with Gasteiger partial charge in [0.05, 0.1) is 4.90 Å².